The predicted octanol–water partition coefficient (Wildman–Crippen LogP) is 6.71. The van der Waals surface area contributed by atoms with Crippen LogP contribution < -0.4 is 0 Å². The van der Waals surface area contributed by atoms with E-state index in [0.717, 1.165) is 60.8 Å². The molecule has 1 saturated carbocycles. The van der Waals surface area contributed by atoms with E-state index in [2.05, 4.69) is 6.92 Å². The van der Waals surface area contributed by atoms with Gasteiger partial charge in [-0.25, -0.2) is 0 Å². The van der Waals surface area contributed by atoms with Crippen molar-refractivity contribution in [2.45, 2.75) is 91.9 Å². The van der Waals surface area contributed by atoms with Crippen molar-refractivity contribution in [3.8, 4) is 0 Å². The predicted molar refractivity (Wildman–Crippen MR) is 125 cm³/mol. The van der Waals surface area contributed by atoms with E-state index < -0.39 is 5.92 Å². The summed E-state index contributed by atoms with van der Waals surface area (Å²) in [6.45, 7) is 8.63. The Labute approximate surface area is 184 Å². The first-order valence-electron chi connectivity index (χ1n) is 11.5. The molecule has 1 aromatic rings. The molecule has 4 nitrogen and oxygen atoms in total. The second kappa shape index (κ2) is 14.5. The largest absolute Gasteiger partial charge is 0.465 e. The van der Waals surface area contributed by atoms with E-state index in [1.165, 1.54) is 34.8 Å². The molecule has 0 radical (unpaired) electrons. The number of carbonyl (C=O) groups excluding carboxylic acids is 2. The maximum Gasteiger partial charge on any atom is 0.317 e. The van der Waals surface area contributed by atoms with Crippen LogP contribution in [0.25, 0.3) is 0 Å². The Bertz CT molecular complexity index is 657. The summed E-state index contributed by atoms with van der Waals surface area (Å²) in [6.07, 6.45) is 11.0. The maximum atomic E-state index is 13.4. The lowest BCUT2D eigenvalue weighted by molar-refractivity contribution is -0.148. The molecule has 2 rings (SSSR count). The van der Waals surface area contributed by atoms with Gasteiger partial charge in [-0.05, 0) is 57.1 Å². The fraction of sp³-hybridized carbons (Fsp3) is 0.680. The van der Waals surface area contributed by atoms with Gasteiger partial charge in [-0.1, -0.05) is 74.1 Å². The van der Waals surface area contributed by atoms with Crippen molar-refractivity contribution in [3.05, 3.63) is 34.4 Å². The first kappa shape index (κ1) is 26.5. The van der Waals surface area contributed by atoms with Crippen molar-refractivity contribution < 1.29 is 18.9 Å². The topological polar surface area (TPSA) is 60.4 Å². The molecule has 0 amide bonds. The Morgan fingerprint density at radius 1 is 0.967 bits per heavy atom. The Morgan fingerprint density at radius 3 is 2.07 bits per heavy atom. The highest BCUT2D eigenvalue weighted by Crippen LogP contribution is 2.35. The van der Waals surface area contributed by atoms with Crippen molar-refractivity contribution in [2.75, 3.05) is 6.61 Å². The fourth-order valence-electron chi connectivity index (χ4n) is 4.67. The molecule has 0 spiro atoms. The van der Waals surface area contributed by atoms with Crippen LogP contribution in [0.4, 0.5) is 0 Å². The van der Waals surface area contributed by atoms with Gasteiger partial charge in [0.2, 0.25) is 0 Å². The quantitative estimate of drug-likeness (QED) is 0.127. The fourth-order valence-corrected chi connectivity index (χ4v) is 4.67. The van der Waals surface area contributed by atoms with Crippen LogP contribution in [0.3, 0.4) is 0 Å². The lowest BCUT2D eigenvalue weighted by Crippen LogP contribution is -2.33. The number of Topliss-reactive ketones (excluding diaryl/α,β-unsaturated/α-hetero) is 1. The third kappa shape index (κ3) is 7.95. The lowest BCUT2D eigenvalue weighted by atomic mass is 9.82. The number of ketones is 1. The first-order chi connectivity index (χ1) is 14.5. The minimum Gasteiger partial charge on any atom is -0.465 e. The van der Waals surface area contributed by atoms with Gasteiger partial charge >= 0.3 is 15.1 Å². The highest BCUT2D eigenvalue weighted by molar-refractivity contribution is 7.00. The number of unbranched alkanes of at least 4 members (excludes halogenated alkanes) is 5. The second-order valence-corrected chi connectivity index (χ2v) is 8.60. The molecule has 0 aliphatic heterocycles. The first-order valence-corrected chi connectivity index (χ1v) is 11.9. The molecular formula is C25H40O4P+. The van der Waals surface area contributed by atoms with Crippen molar-refractivity contribution in [1.29, 1.82) is 0 Å². The molecule has 1 aliphatic rings. The molecule has 1 aliphatic carbocycles. The van der Waals surface area contributed by atoms with E-state index in [1.54, 1.807) is 0 Å². The third-order valence-electron chi connectivity index (χ3n) is 6.07. The lowest BCUT2D eigenvalue weighted by Gasteiger charge is -2.23. The van der Waals surface area contributed by atoms with E-state index in [4.69, 9.17) is 9.30 Å². The van der Waals surface area contributed by atoms with Crippen LogP contribution in [0.5, 0.6) is 0 Å². The standard InChI is InChI=1S/C25H38O3.H2OP/c1-5-6-7-8-9-12-15-28-25(27)23(21-13-10-11-14-21)24(26)22-19(3)16-18(2)17-20(22)4;1-2/h16-17,21,23H,5-15H2,1-4H3;2H2/q;+1. The monoisotopic (exact) mass is 435 g/mol. The van der Waals surface area contributed by atoms with Crippen LogP contribution in [-0.4, -0.2) is 18.4 Å². The molecule has 2 atom stereocenters. The number of benzene rings is 1. The average molecular weight is 436 g/mol. The molecule has 0 aromatic heterocycles. The van der Waals surface area contributed by atoms with Crippen LogP contribution in [0, 0.1) is 32.6 Å². The van der Waals surface area contributed by atoms with Crippen molar-refractivity contribution in [2.24, 2.45) is 11.8 Å². The second-order valence-electron chi connectivity index (χ2n) is 8.60. The van der Waals surface area contributed by atoms with Gasteiger partial charge < -0.3 is 4.74 Å². The summed E-state index contributed by atoms with van der Waals surface area (Å²) < 4.78 is 13.8. The summed E-state index contributed by atoms with van der Waals surface area (Å²) in [5.41, 5.74) is 3.80. The maximum absolute atomic E-state index is 13.4. The van der Waals surface area contributed by atoms with Crippen molar-refractivity contribution >= 4 is 20.9 Å². The number of ether oxygens (including phenoxy) is 1. The molecule has 30 heavy (non-hydrogen) atoms. The molecule has 0 heterocycles. The molecular weight excluding hydrogens is 395 g/mol. The summed E-state index contributed by atoms with van der Waals surface area (Å²) in [7, 11) is 1.17. The van der Waals surface area contributed by atoms with Crippen LogP contribution in [0.15, 0.2) is 12.1 Å². The zero-order valence-corrected chi connectivity index (χ0v) is 20.5. The Kier molecular flexibility index (Phi) is 12.8. The van der Waals surface area contributed by atoms with Gasteiger partial charge in [-0.3, -0.25) is 9.59 Å². The smallest absolute Gasteiger partial charge is 0.317 e. The molecule has 1 aromatic carbocycles. The van der Waals surface area contributed by atoms with E-state index in [1.807, 2.05) is 32.9 Å². The van der Waals surface area contributed by atoms with Gasteiger partial charge in [0, 0.05) is 5.56 Å². The van der Waals surface area contributed by atoms with Gasteiger partial charge in [0.15, 0.2) is 5.78 Å². The summed E-state index contributed by atoms with van der Waals surface area (Å²) in [5.74, 6) is -0.841. The summed E-state index contributed by atoms with van der Waals surface area (Å²) in [6, 6.07) is 4.07. The number of esters is 1. The number of hydrogen-bond donors (Lipinski definition) is 0. The number of rotatable bonds is 11. The van der Waals surface area contributed by atoms with E-state index in [-0.39, 0.29) is 17.7 Å². The van der Waals surface area contributed by atoms with E-state index in [9.17, 15) is 9.59 Å². The number of aryl methyl sites for hydroxylation is 3. The van der Waals surface area contributed by atoms with E-state index in [0.29, 0.717) is 6.61 Å². The van der Waals surface area contributed by atoms with Gasteiger partial charge in [-0.2, -0.15) is 0 Å². The van der Waals surface area contributed by atoms with Crippen LogP contribution in [-0.2, 0) is 14.1 Å². The van der Waals surface area contributed by atoms with Crippen LogP contribution in [0.2, 0.25) is 0 Å². The summed E-state index contributed by atoms with van der Waals surface area (Å²) >= 11 is 0. The van der Waals surface area contributed by atoms with Crippen LogP contribution in [0.1, 0.15) is 98.2 Å². The molecule has 0 N–H and O–H groups in total. The SMILES string of the molecule is CCCCCCCCOC(=O)C(C(=O)c1c(C)cc(C)cc1C)C1CCCC1.O=[PH2+]. The summed E-state index contributed by atoms with van der Waals surface area (Å²) in [4.78, 5) is 26.4. The van der Waals surface area contributed by atoms with Crippen molar-refractivity contribution in [3.63, 3.8) is 0 Å². The highest BCUT2D eigenvalue weighted by atomic mass is 31.0. The minimum absolute atomic E-state index is 0.0326. The zero-order valence-electron chi connectivity index (χ0n) is 19.3. The van der Waals surface area contributed by atoms with Crippen LogP contribution >= 0.6 is 9.12 Å². The third-order valence-corrected chi connectivity index (χ3v) is 6.07. The van der Waals surface area contributed by atoms with Gasteiger partial charge in [0.1, 0.15) is 5.92 Å². The molecule has 1 fully saturated rings. The van der Waals surface area contributed by atoms with Crippen molar-refractivity contribution in [1.82, 2.24) is 0 Å². The average Bonchev–Trinajstić information content (AvgIpc) is 3.22. The Morgan fingerprint density at radius 2 is 1.50 bits per heavy atom. The number of hydrogen-bond acceptors (Lipinski definition) is 4. The zero-order chi connectivity index (χ0) is 22.5. The molecule has 168 valence electrons. The highest BCUT2D eigenvalue weighted by Gasteiger charge is 2.38. The molecule has 2 unspecified atom stereocenters. The van der Waals surface area contributed by atoms with Gasteiger partial charge in [0.25, 0.3) is 0 Å². The van der Waals surface area contributed by atoms with E-state index >= 15 is 0 Å². The van der Waals surface area contributed by atoms with Gasteiger partial charge in [0.05, 0.1) is 6.61 Å². The molecule has 0 saturated heterocycles. The molecule has 0 bridgehead atoms. The number of carbonyl (C=O) groups is 2. The Hall–Kier alpha value is -1.54. The molecule has 5 heteroatoms. The minimum atomic E-state index is -0.636. The van der Waals surface area contributed by atoms with Gasteiger partial charge in [-0.15, -0.1) is 0 Å². The summed E-state index contributed by atoms with van der Waals surface area (Å²) in [5, 5.41) is 0. The normalized spacial score (nSPS) is 14.7. The Balaban J connectivity index is 0.00000218.